The third-order valence-electron chi connectivity index (χ3n) is 3.27. The molecular weight excluding hydrogens is 258 g/mol. The summed E-state index contributed by atoms with van der Waals surface area (Å²) in [5, 5.41) is 0. The van der Waals surface area contributed by atoms with Gasteiger partial charge in [-0.3, -0.25) is 19.2 Å². The molecule has 2 aliphatic rings. The number of allylic oxidation sites excluding steroid dienone is 2. The van der Waals surface area contributed by atoms with Gasteiger partial charge >= 0.3 is 0 Å². The van der Waals surface area contributed by atoms with Crippen LogP contribution in [0.1, 0.15) is 11.5 Å². The van der Waals surface area contributed by atoms with Gasteiger partial charge in [0.05, 0.1) is 5.69 Å². The fourth-order valence-electron chi connectivity index (χ4n) is 2.30. The molecule has 0 fully saturated rings. The van der Waals surface area contributed by atoms with Crippen LogP contribution in [0, 0.1) is 0 Å². The molecule has 0 N–H and O–H groups in total. The van der Waals surface area contributed by atoms with Crippen molar-refractivity contribution < 1.29 is 19.2 Å². The predicted molar refractivity (Wildman–Crippen MR) is 70.0 cm³/mol. The number of hydrogen-bond donors (Lipinski definition) is 0. The Morgan fingerprint density at radius 2 is 1.20 bits per heavy atom. The molecule has 98 valence electrons. The van der Waals surface area contributed by atoms with E-state index in [1.54, 1.807) is 24.3 Å². The Hall–Kier alpha value is -2.82. The van der Waals surface area contributed by atoms with E-state index >= 15 is 0 Å². The fraction of sp³-hybridized carbons (Fsp3) is 0.0667. The first-order valence-corrected chi connectivity index (χ1v) is 6.00. The average molecular weight is 267 g/mol. The number of imide groups is 1. The Labute approximate surface area is 114 Å². The van der Waals surface area contributed by atoms with E-state index in [-0.39, 0.29) is 11.6 Å². The predicted octanol–water partition coefficient (Wildman–Crippen LogP) is 0.908. The van der Waals surface area contributed by atoms with Crippen molar-refractivity contribution in [3.63, 3.8) is 0 Å². The van der Waals surface area contributed by atoms with E-state index in [2.05, 4.69) is 0 Å². The van der Waals surface area contributed by atoms with Crippen LogP contribution in [0.2, 0.25) is 0 Å². The van der Waals surface area contributed by atoms with Crippen molar-refractivity contribution in [2.75, 3.05) is 4.90 Å². The molecule has 0 radical (unpaired) electrons. The third-order valence-corrected chi connectivity index (χ3v) is 3.27. The minimum atomic E-state index is -0.799. The Morgan fingerprint density at radius 3 is 1.70 bits per heavy atom. The van der Waals surface area contributed by atoms with Crippen LogP contribution in [0.25, 0.3) is 0 Å². The highest BCUT2D eigenvalue weighted by atomic mass is 16.2. The van der Waals surface area contributed by atoms with Crippen LogP contribution in [0.5, 0.6) is 0 Å². The Kier molecular flexibility index (Phi) is 2.68. The highest BCUT2D eigenvalue weighted by molar-refractivity contribution is 6.28. The van der Waals surface area contributed by atoms with Gasteiger partial charge in [0.25, 0.3) is 11.8 Å². The van der Waals surface area contributed by atoms with E-state index in [1.165, 1.54) is 24.3 Å². The van der Waals surface area contributed by atoms with E-state index in [4.69, 9.17) is 0 Å². The maximum absolute atomic E-state index is 11.6. The van der Waals surface area contributed by atoms with Gasteiger partial charge in [-0.1, -0.05) is 12.1 Å². The van der Waals surface area contributed by atoms with Crippen LogP contribution in [0.3, 0.4) is 0 Å². The van der Waals surface area contributed by atoms with Gasteiger partial charge < -0.3 is 0 Å². The molecule has 1 aliphatic heterocycles. The lowest BCUT2D eigenvalue weighted by Crippen LogP contribution is -2.29. The first-order chi connectivity index (χ1) is 9.58. The van der Waals surface area contributed by atoms with Gasteiger partial charge in [-0.05, 0) is 29.8 Å². The second kappa shape index (κ2) is 4.38. The highest BCUT2D eigenvalue weighted by Crippen LogP contribution is 2.27. The summed E-state index contributed by atoms with van der Waals surface area (Å²) >= 11 is 0. The van der Waals surface area contributed by atoms with Crippen molar-refractivity contribution in [1.82, 2.24) is 0 Å². The van der Waals surface area contributed by atoms with Crippen molar-refractivity contribution in [3.8, 4) is 0 Å². The molecular formula is C15H9NO4. The van der Waals surface area contributed by atoms with Gasteiger partial charge in [-0.25, -0.2) is 4.90 Å². The molecule has 0 bridgehead atoms. The van der Waals surface area contributed by atoms with Crippen LogP contribution in [-0.4, -0.2) is 23.4 Å². The molecule has 5 nitrogen and oxygen atoms in total. The maximum atomic E-state index is 11.6. The zero-order chi connectivity index (χ0) is 14.3. The van der Waals surface area contributed by atoms with Crippen molar-refractivity contribution in [1.29, 1.82) is 0 Å². The second-order valence-electron chi connectivity index (χ2n) is 4.51. The third kappa shape index (κ3) is 1.80. The molecule has 0 unspecified atom stereocenters. The molecule has 3 rings (SSSR count). The summed E-state index contributed by atoms with van der Waals surface area (Å²) in [4.78, 5) is 47.3. The standard InChI is InChI=1S/C15H9NO4/c17-11-5-6-12(18)15(11)9-1-3-10(4-2-9)16-13(19)7-8-14(16)20/h1-8,15H. The number of rotatable bonds is 2. The number of hydrogen-bond acceptors (Lipinski definition) is 4. The van der Waals surface area contributed by atoms with E-state index in [0.29, 0.717) is 11.3 Å². The SMILES string of the molecule is O=C1C=CC(=O)C1c1ccc(N2C(=O)C=CC2=O)cc1. The van der Waals surface area contributed by atoms with Crippen molar-refractivity contribution in [3.05, 3.63) is 54.1 Å². The summed E-state index contributed by atoms with van der Waals surface area (Å²) in [7, 11) is 0. The fourth-order valence-corrected chi connectivity index (χ4v) is 2.30. The zero-order valence-electron chi connectivity index (χ0n) is 10.3. The lowest BCUT2D eigenvalue weighted by Gasteiger charge is -2.15. The normalized spacial score (nSPS) is 18.7. The van der Waals surface area contributed by atoms with Gasteiger partial charge in [0.2, 0.25) is 0 Å². The van der Waals surface area contributed by atoms with Gasteiger partial charge in [0.1, 0.15) is 5.92 Å². The monoisotopic (exact) mass is 267 g/mol. The Balaban J connectivity index is 1.89. The Morgan fingerprint density at radius 1 is 0.700 bits per heavy atom. The molecule has 1 aliphatic carbocycles. The van der Waals surface area contributed by atoms with Gasteiger partial charge in [0, 0.05) is 12.2 Å². The number of carbonyl (C=O) groups is 4. The summed E-state index contributed by atoms with van der Waals surface area (Å²) in [6.07, 6.45) is 4.92. The van der Waals surface area contributed by atoms with Crippen molar-refractivity contribution in [2.24, 2.45) is 0 Å². The highest BCUT2D eigenvalue weighted by Gasteiger charge is 2.30. The lowest BCUT2D eigenvalue weighted by molar-refractivity contribution is -0.123. The van der Waals surface area contributed by atoms with E-state index in [9.17, 15) is 19.2 Å². The topological polar surface area (TPSA) is 71.5 Å². The van der Waals surface area contributed by atoms with E-state index in [0.717, 1.165) is 4.90 Å². The minimum absolute atomic E-state index is 0.252. The number of carbonyl (C=O) groups excluding carboxylic acids is 4. The van der Waals surface area contributed by atoms with Gasteiger partial charge in [-0.2, -0.15) is 0 Å². The Bertz CT molecular complexity index is 600. The average Bonchev–Trinajstić information content (AvgIpc) is 2.94. The molecule has 0 spiro atoms. The maximum Gasteiger partial charge on any atom is 0.258 e. The van der Waals surface area contributed by atoms with Crippen molar-refractivity contribution in [2.45, 2.75) is 5.92 Å². The van der Waals surface area contributed by atoms with E-state index in [1.807, 2.05) is 0 Å². The van der Waals surface area contributed by atoms with Crippen LogP contribution < -0.4 is 4.90 Å². The van der Waals surface area contributed by atoms with Crippen LogP contribution >= 0.6 is 0 Å². The molecule has 1 aromatic rings. The quantitative estimate of drug-likeness (QED) is 0.589. The van der Waals surface area contributed by atoms with Gasteiger partial charge in [-0.15, -0.1) is 0 Å². The van der Waals surface area contributed by atoms with Crippen LogP contribution in [0.4, 0.5) is 5.69 Å². The number of anilines is 1. The second-order valence-corrected chi connectivity index (χ2v) is 4.51. The molecule has 0 saturated carbocycles. The number of nitrogens with zero attached hydrogens (tertiary/aromatic N) is 1. The molecule has 2 amide bonds. The first kappa shape index (κ1) is 12.2. The minimum Gasteiger partial charge on any atom is -0.294 e. The molecule has 20 heavy (non-hydrogen) atoms. The molecule has 1 heterocycles. The summed E-state index contributed by atoms with van der Waals surface area (Å²) in [5.74, 6) is -2.11. The summed E-state index contributed by atoms with van der Waals surface area (Å²) in [6.45, 7) is 0. The summed E-state index contributed by atoms with van der Waals surface area (Å²) in [5.41, 5.74) is 0.973. The first-order valence-electron chi connectivity index (χ1n) is 6.00. The van der Waals surface area contributed by atoms with Gasteiger partial charge in [0.15, 0.2) is 11.6 Å². The number of ketones is 2. The van der Waals surface area contributed by atoms with Crippen LogP contribution in [0.15, 0.2) is 48.6 Å². The molecule has 0 aromatic heterocycles. The molecule has 0 saturated heterocycles. The number of benzene rings is 1. The zero-order valence-corrected chi connectivity index (χ0v) is 10.3. The number of amides is 2. The molecule has 1 aromatic carbocycles. The molecule has 0 atom stereocenters. The summed E-state index contributed by atoms with van der Waals surface area (Å²) < 4.78 is 0. The smallest absolute Gasteiger partial charge is 0.258 e. The van der Waals surface area contributed by atoms with E-state index < -0.39 is 17.7 Å². The summed E-state index contributed by atoms with van der Waals surface area (Å²) in [6, 6.07) is 6.28. The largest absolute Gasteiger partial charge is 0.294 e. The van der Waals surface area contributed by atoms with Crippen LogP contribution in [-0.2, 0) is 19.2 Å². The van der Waals surface area contributed by atoms with Crippen molar-refractivity contribution >= 4 is 29.1 Å². The molecule has 5 heteroatoms. The lowest BCUT2D eigenvalue weighted by atomic mass is 9.95.